The van der Waals surface area contributed by atoms with Crippen LogP contribution in [0.3, 0.4) is 0 Å². The number of benzene rings is 3. The summed E-state index contributed by atoms with van der Waals surface area (Å²) in [6.45, 7) is 4.79. The average Bonchev–Trinajstić information content (AvgIpc) is 3.53. The molecule has 0 aliphatic rings. The molecule has 0 radical (unpaired) electrons. The van der Waals surface area contributed by atoms with Crippen LogP contribution in [0.15, 0.2) is 79.1 Å². The van der Waals surface area contributed by atoms with Crippen molar-refractivity contribution in [1.82, 2.24) is 14.5 Å². The van der Waals surface area contributed by atoms with E-state index in [0.29, 0.717) is 17.7 Å². The van der Waals surface area contributed by atoms with E-state index in [1.54, 1.807) is 36.7 Å². The molecule has 3 aromatic carbocycles. The third-order valence-corrected chi connectivity index (χ3v) is 6.16. The second-order valence-corrected chi connectivity index (χ2v) is 8.30. The van der Waals surface area contributed by atoms with Crippen LogP contribution >= 0.6 is 0 Å². The third-order valence-electron chi connectivity index (χ3n) is 6.16. The number of fused-ring (bicyclic) bond motifs is 3. The number of carbonyl (C=O) groups is 2. The summed E-state index contributed by atoms with van der Waals surface area (Å²) in [6, 6.07) is 21.0. The molecule has 0 saturated carbocycles. The number of hydrogen-bond acceptors (Lipinski definition) is 4. The van der Waals surface area contributed by atoms with Gasteiger partial charge in [-0.25, -0.2) is 9.78 Å². The van der Waals surface area contributed by atoms with Gasteiger partial charge in [0.15, 0.2) is 6.10 Å². The Labute approximate surface area is 202 Å². The lowest BCUT2D eigenvalue weighted by atomic mass is 10.1. The highest BCUT2D eigenvalue weighted by Gasteiger charge is 2.22. The second-order valence-electron chi connectivity index (χ2n) is 8.30. The molecule has 0 saturated heterocycles. The van der Waals surface area contributed by atoms with Gasteiger partial charge in [-0.05, 0) is 49.7 Å². The summed E-state index contributed by atoms with van der Waals surface area (Å²) in [5.74, 6) is -0.180. The molecule has 0 aliphatic carbocycles. The van der Waals surface area contributed by atoms with Crippen molar-refractivity contribution in [3.63, 3.8) is 0 Å². The fourth-order valence-corrected chi connectivity index (χ4v) is 4.40. The Bertz CT molecular complexity index is 1500. The van der Waals surface area contributed by atoms with Crippen molar-refractivity contribution in [2.75, 3.05) is 5.32 Å². The number of esters is 1. The summed E-state index contributed by atoms with van der Waals surface area (Å²) >= 11 is 0. The topological polar surface area (TPSA) is 89.0 Å². The average molecular weight is 467 g/mol. The van der Waals surface area contributed by atoms with E-state index >= 15 is 0 Å². The zero-order valence-corrected chi connectivity index (χ0v) is 19.6. The Kier molecular flexibility index (Phi) is 6.06. The number of aromatic amines is 1. The molecule has 2 N–H and O–H groups in total. The molecular weight excluding hydrogens is 440 g/mol. The number of H-pyrrole nitrogens is 1. The van der Waals surface area contributed by atoms with Gasteiger partial charge in [-0.3, -0.25) is 4.79 Å². The Balaban J connectivity index is 1.32. The van der Waals surface area contributed by atoms with Gasteiger partial charge in [-0.15, -0.1) is 0 Å². The van der Waals surface area contributed by atoms with Crippen molar-refractivity contribution in [1.29, 1.82) is 0 Å². The summed E-state index contributed by atoms with van der Waals surface area (Å²) in [7, 11) is 0. The zero-order chi connectivity index (χ0) is 24.4. The molecule has 0 fully saturated rings. The molecule has 1 atom stereocenters. The largest absolute Gasteiger partial charge is 0.449 e. The van der Waals surface area contributed by atoms with Crippen LogP contribution in [-0.4, -0.2) is 32.5 Å². The van der Waals surface area contributed by atoms with Crippen LogP contribution in [0.4, 0.5) is 5.69 Å². The van der Waals surface area contributed by atoms with E-state index in [9.17, 15) is 9.59 Å². The first kappa shape index (κ1) is 22.4. The van der Waals surface area contributed by atoms with E-state index < -0.39 is 12.1 Å². The Morgan fingerprint density at radius 1 is 1.00 bits per heavy atom. The number of nitrogens with one attached hydrogen (secondary N) is 2. The maximum atomic E-state index is 13.0. The first-order valence-electron chi connectivity index (χ1n) is 11.7. The molecule has 2 heterocycles. The SMILES string of the molecule is CCC(OC(=O)c1ccc(-c2ncc[nH]2)cc1)C(=O)Nc1ccc2c(c1)c1ccccc1n2CC. The van der Waals surface area contributed by atoms with Gasteiger partial charge in [0.05, 0.1) is 5.56 Å². The molecule has 0 aliphatic heterocycles. The summed E-state index contributed by atoms with van der Waals surface area (Å²) in [5.41, 5.74) is 4.17. The van der Waals surface area contributed by atoms with E-state index in [1.807, 2.05) is 37.3 Å². The van der Waals surface area contributed by atoms with Crippen molar-refractivity contribution in [3.05, 3.63) is 84.7 Å². The van der Waals surface area contributed by atoms with Gasteiger partial charge in [0.1, 0.15) is 5.82 Å². The Morgan fingerprint density at radius 3 is 2.49 bits per heavy atom. The lowest BCUT2D eigenvalue weighted by molar-refractivity contribution is -0.124. The smallest absolute Gasteiger partial charge is 0.338 e. The molecule has 1 unspecified atom stereocenters. The summed E-state index contributed by atoms with van der Waals surface area (Å²) < 4.78 is 7.81. The molecule has 35 heavy (non-hydrogen) atoms. The summed E-state index contributed by atoms with van der Waals surface area (Å²) in [6.07, 6.45) is 2.86. The molecule has 7 heteroatoms. The van der Waals surface area contributed by atoms with E-state index in [4.69, 9.17) is 4.74 Å². The highest BCUT2D eigenvalue weighted by Crippen LogP contribution is 2.31. The van der Waals surface area contributed by atoms with Crippen LogP contribution in [0.1, 0.15) is 30.6 Å². The molecule has 176 valence electrons. The van der Waals surface area contributed by atoms with Gasteiger partial charge >= 0.3 is 5.97 Å². The van der Waals surface area contributed by atoms with Gasteiger partial charge in [-0.1, -0.05) is 37.3 Å². The predicted octanol–water partition coefficient (Wildman–Crippen LogP) is 5.78. The van der Waals surface area contributed by atoms with Gasteiger partial charge in [0, 0.05) is 52.0 Å². The Hall–Kier alpha value is -4.39. The molecular formula is C28H26N4O3. The van der Waals surface area contributed by atoms with Crippen LogP contribution < -0.4 is 5.32 Å². The Morgan fingerprint density at radius 2 is 1.77 bits per heavy atom. The minimum Gasteiger partial charge on any atom is -0.449 e. The first-order valence-corrected chi connectivity index (χ1v) is 11.7. The summed E-state index contributed by atoms with van der Waals surface area (Å²) in [5, 5.41) is 5.13. The molecule has 0 bridgehead atoms. The first-order chi connectivity index (χ1) is 17.1. The number of anilines is 1. The standard InChI is InChI=1S/C28H26N4O3/c1-3-25(35-28(34)19-11-9-18(10-12-19)26-29-15-16-30-26)27(33)31-20-13-14-24-22(17-20)21-7-5-6-8-23(21)32(24)4-2/h5-17,25H,3-4H2,1-2H3,(H,29,30)(H,31,33). The van der Waals surface area contributed by atoms with Crippen LogP contribution in [0.25, 0.3) is 33.2 Å². The van der Waals surface area contributed by atoms with Crippen molar-refractivity contribution in [2.45, 2.75) is 32.9 Å². The second kappa shape index (κ2) is 9.46. The van der Waals surface area contributed by atoms with Crippen LogP contribution in [0.5, 0.6) is 0 Å². The van der Waals surface area contributed by atoms with Gasteiger partial charge in [0.25, 0.3) is 5.91 Å². The molecule has 0 spiro atoms. The normalized spacial score (nSPS) is 12.1. The maximum absolute atomic E-state index is 13.0. The van der Waals surface area contributed by atoms with E-state index in [-0.39, 0.29) is 5.91 Å². The van der Waals surface area contributed by atoms with Crippen LogP contribution in [-0.2, 0) is 16.1 Å². The molecule has 5 rings (SSSR count). The number of aromatic nitrogens is 3. The number of ether oxygens (including phenoxy) is 1. The molecule has 5 aromatic rings. The van der Waals surface area contributed by atoms with Crippen molar-refractivity contribution in [3.8, 4) is 11.4 Å². The highest BCUT2D eigenvalue weighted by molar-refractivity contribution is 6.10. The predicted molar refractivity (Wildman–Crippen MR) is 137 cm³/mol. The fourth-order valence-electron chi connectivity index (χ4n) is 4.40. The molecule has 7 nitrogen and oxygen atoms in total. The maximum Gasteiger partial charge on any atom is 0.338 e. The lowest BCUT2D eigenvalue weighted by Crippen LogP contribution is -2.32. The van der Waals surface area contributed by atoms with Crippen molar-refractivity contribution < 1.29 is 14.3 Å². The molecule has 2 aromatic heterocycles. The van der Waals surface area contributed by atoms with Gasteiger partial charge in [-0.2, -0.15) is 0 Å². The number of nitrogens with zero attached hydrogens (tertiary/aromatic N) is 2. The molecule has 1 amide bonds. The third kappa shape index (κ3) is 4.28. The van der Waals surface area contributed by atoms with Crippen molar-refractivity contribution in [2.24, 2.45) is 0 Å². The number of para-hydroxylation sites is 1. The van der Waals surface area contributed by atoms with Crippen LogP contribution in [0.2, 0.25) is 0 Å². The lowest BCUT2D eigenvalue weighted by Gasteiger charge is -2.16. The summed E-state index contributed by atoms with van der Waals surface area (Å²) in [4.78, 5) is 32.9. The van der Waals surface area contributed by atoms with Crippen molar-refractivity contribution >= 4 is 39.4 Å². The number of amides is 1. The minimum absolute atomic E-state index is 0.355. The van der Waals surface area contributed by atoms with E-state index in [1.165, 1.54) is 0 Å². The minimum atomic E-state index is -0.903. The number of imidazole rings is 1. The van der Waals surface area contributed by atoms with Crippen LogP contribution in [0, 0.1) is 0 Å². The zero-order valence-electron chi connectivity index (χ0n) is 19.6. The number of hydrogen-bond donors (Lipinski definition) is 2. The number of aryl methyl sites for hydroxylation is 1. The van der Waals surface area contributed by atoms with Gasteiger partial charge in [0.2, 0.25) is 0 Å². The number of carbonyl (C=O) groups excluding carboxylic acids is 2. The van der Waals surface area contributed by atoms with Gasteiger partial charge < -0.3 is 19.6 Å². The van der Waals surface area contributed by atoms with E-state index in [0.717, 1.165) is 39.7 Å². The monoisotopic (exact) mass is 466 g/mol. The van der Waals surface area contributed by atoms with E-state index in [2.05, 4.69) is 38.9 Å². The fraction of sp³-hybridized carbons (Fsp3) is 0.179. The quantitative estimate of drug-likeness (QED) is 0.298. The highest BCUT2D eigenvalue weighted by atomic mass is 16.5. The number of rotatable bonds is 7.